The van der Waals surface area contributed by atoms with E-state index < -0.39 is 0 Å². The van der Waals surface area contributed by atoms with Crippen LogP contribution in [0.5, 0.6) is 0 Å². The molecular formula is C13H19ClN4O. The van der Waals surface area contributed by atoms with Crippen LogP contribution in [0.15, 0.2) is 12.3 Å². The summed E-state index contributed by atoms with van der Waals surface area (Å²) >= 11 is 6.06. The second-order valence-electron chi connectivity index (χ2n) is 4.75. The van der Waals surface area contributed by atoms with E-state index in [0.717, 1.165) is 32.6 Å². The Labute approximate surface area is 118 Å². The van der Waals surface area contributed by atoms with E-state index in [9.17, 15) is 4.79 Å². The molecule has 1 aromatic rings. The summed E-state index contributed by atoms with van der Waals surface area (Å²) in [5, 5.41) is 3.35. The van der Waals surface area contributed by atoms with Crippen LogP contribution in [0.1, 0.15) is 16.8 Å². The number of carbonyl (C=O) groups is 1. The monoisotopic (exact) mass is 282 g/mol. The number of halogens is 1. The molecule has 1 N–H and O–H groups in total. The highest BCUT2D eigenvalue weighted by Gasteiger charge is 2.19. The Balaban J connectivity index is 2.12. The summed E-state index contributed by atoms with van der Waals surface area (Å²) in [7, 11) is 3.83. The van der Waals surface area contributed by atoms with Crippen LogP contribution in [-0.2, 0) is 0 Å². The van der Waals surface area contributed by atoms with E-state index in [1.54, 1.807) is 19.3 Å². The zero-order valence-corrected chi connectivity index (χ0v) is 12.1. The van der Waals surface area contributed by atoms with E-state index in [0.29, 0.717) is 16.4 Å². The number of hydrogen-bond donors (Lipinski definition) is 1. The predicted octanol–water partition coefficient (Wildman–Crippen LogP) is 1.55. The highest BCUT2D eigenvalue weighted by molar-refractivity contribution is 6.33. The number of nitrogens with one attached hydrogen (secondary N) is 1. The van der Waals surface area contributed by atoms with Crippen molar-refractivity contribution in [2.24, 2.45) is 0 Å². The smallest absolute Gasteiger partial charge is 0.255 e. The third-order valence-corrected chi connectivity index (χ3v) is 3.62. The number of anilines is 1. The van der Waals surface area contributed by atoms with Crippen molar-refractivity contribution in [3.05, 3.63) is 22.8 Å². The molecule has 0 bridgehead atoms. The molecule has 1 aliphatic rings. The predicted molar refractivity (Wildman–Crippen MR) is 76.8 cm³/mol. The summed E-state index contributed by atoms with van der Waals surface area (Å²) < 4.78 is 0. The van der Waals surface area contributed by atoms with E-state index in [4.69, 9.17) is 11.6 Å². The van der Waals surface area contributed by atoms with Gasteiger partial charge in [0.1, 0.15) is 5.82 Å². The average Bonchev–Trinajstić information content (AvgIpc) is 2.62. The van der Waals surface area contributed by atoms with Crippen LogP contribution in [0.3, 0.4) is 0 Å². The van der Waals surface area contributed by atoms with Crippen LogP contribution in [-0.4, -0.2) is 61.0 Å². The lowest BCUT2D eigenvalue weighted by Crippen LogP contribution is -2.34. The van der Waals surface area contributed by atoms with Crippen molar-refractivity contribution < 1.29 is 4.79 Å². The van der Waals surface area contributed by atoms with Gasteiger partial charge >= 0.3 is 0 Å². The minimum atomic E-state index is 0.00681. The maximum atomic E-state index is 12.4. The number of rotatable bonds is 2. The largest absolute Gasteiger partial charge is 0.372 e. The SMILES string of the molecule is CNc1ncc(C(=O)N2CCCN(C)CC2)cc1Cl. The Hall–Kier alpha value is -1.33. The molecule has 0 atom stereocenters. The number of nitrogens with zero attached hydrogens (tertiary/aromatic N) is 3. The van der Waals surface area contributed by atoms with Crippen LogP contribution < -0.4 is 5.32 Å². The zero-order chi connectivity index (χ0) is 13.8. The van der Waals surface area contributed by atoms with Gasteiger partial charge in [-0.1, -0.05) is 11.6 Å². The molecule has 1 saturated heterocycles. The fraction of sp³-hybridized carbons (Fsp3) is 0.538. The van der Waals surface area contributed by atoms with E-state index in [1.807, 2.05) is 4.90 Å². The highest BCUT2D eigenvalue weighted by Crippen LogP contribution is 2.20. The molecule has 0 aromatic carbocycles. The molecule has 2 rings (SSSR count). The van der Waals surface area contributed by atoms with Crippen LogP contribution in [0.2, 0.25) is 5.02 Å². The van der Waals surface area contributed by atoms with Gasteiger partial charge in [0, 0.05) is 32.9 Å². The van der Waals surface area contributed by atoms with Gasteiger partial charge in [-0.3, -0.25) is 4.79 Å². The van der Waals surface area contributed by atoms with Gasteiger partial charge in [0.25, 0.3) is 5.91 Å². The molecule has 0 radical (unpaired) electrons. The molecule has 5 nitrogen and oxygen atoms in total. The standard InChI is InChI=1S/C13H19ClN4O/c1-15-12-11(14)8-10(9-16-12)13(19)18-5-3-4-17(2)6-7-18/h8-9H,3-7H2,1-2H3,(H,15,16). The first kappa shape index (κ1) is 14.1. The Morgan fingerprint density at radius 1 is 1.37 bits per heavy atom. The number of carbonyl (C=O) groups excluding carboxylic acids is 1. The molecule has 1 fully saturated rings. The lowest BCUT2D eigenvalue weighted by atomic mass is 10.2. The summed E-state index contributed by atoms with van der Waals surface area (Å²) in [6.45, 7) is 3.47. The molecule has 1 amide bonds. The molecule has 0 aliphatic carbocycles. The Kier molecular flexibility index (Phi) is 4.61. The Morgan fingerprint density at radius 2 is 2.16 bits per heavy atom. The molecule has 0 saturated carbocycles. The van der Waals surface area contributed by atoms with Crippen molar-refractivity contribution in [2.45, 2.75) is 6.42 Å². The van der Waals surface area contributed by atoms with Gasteiger partial charge in [0.15, 0.2) is 0 Å². The molecular weight excluding hydrogens is 264 g/mol. The first-order valence-electron chi connectivity index (χ1n) is 6.43. The first-order chi connectivity index (χ1) is 9.11. The number of pyridine rings is 1. The van der Waals surface area contributed by atoms with Crippen molar-refractivity contribution in [3.63, 3.8) is 0 Å². The fourth-order valence-electron chi connectivity index (χ4n) is 2.17. The lowest BCUT2D eigenvalue weighted by Gasteiger charge is -2.20. The topological polar surface area (TPSA) is 48.5 Å². The maximum absolute atomic E-state index is 12.4. The quantitative estimate of drug-likeness (QED) is 0.894. The van der Waals surface area contributed by atoms with Gasteiger partial charge in [-0.25, -0.2) is 4.98 Å². The van der Waals surface area contributed by atoms with E-state index in [1.165, 1.54) is 0 Å². The number of aromatic nitrogens is 1. The summed E-state index contributed by atoms with van der Waals surface area (Å²) in [4.78, 5) is 20.7. The van der Waals surface area contributed by atoms with Crippen molar-refractivity contribution >= 4 is 23.3 Å². The van der Waals surface area contributed by atoms with Gasteiger partial charge in [0.2, 0.25) is 0 Å². The van der Waals surface area contributed by atoms with Gasteiger partial charge in [-0.2, -0.15) is 0 Å². The molecule has 0 unspecified atom stereocenters. The maximum Gasteiger partial charge on any atom is 0.255 e. The molecule has 6 heteroatoms. The average molecular weight is 283 g/mol. The molecule has 19 heavy (non-hydrogen) atoms. The van der Waals surface area contributed by atoms with Gasteiger partial charge in [-0.05, 0) is 26.1 Å². The summed E-state index contributed by atoms with van der Waals surface area (Å²) in [5.41, 5.74) is 0.550. The van der Waals surface area contributed by atoms with Gasteiger partial charge in [-0.15, -0.1) is 0 Å². The summed E-state index contributed by atoms with van der Waals surface area (Å²) in [6.07, 6.45) is 2.58. The second-order valence-corrected chi connectivity index (χ2v) is 5.16. The molecule has 0 spiro atoms. The number of amides is 1. The Bertz CT molecular complexity index is 466. The van der Waals surface area contributed by atoms with Crippen LogP contribution in [0.25, 0.3) is 0 Å². The number of likely N-dealkylation sites (N-methyl/N-ethyl adjacent to an activating group) is 1. The minimum absolute atomic E-state index is 0.00681. The van der Waals surface area contributed by atoms with Crippen molar-refractivity contribution in [2.75, 3.05) is 45.6 Å². The molecule has 1 aliphatic heterocycles. The van der Waals surface area contributed by atoms with Crippen molar-refractivity contribution in [1.82, 2.24) is 14.8 Å². The van der Waals surface area contributed by atoms with Crippen LogP contribution in [0, 0.1) is 0 Å². The van der Waals surface area contributed by atoms with E-state index in [2.05, 4.69) is 22.2 Å². The third-order valence-electron chi connectivity index (χ3n) is 3.33. The van der Waals surface area contributed by atoms with Crippen LogP contribution in [0.4, 0.5) is 5.82 Å². The lowest BCUT2D eigenvalue weighted by molar-refractivity contribution is 0.0762. The normalized spacial score (nSPS) is 17.1. The molecule has 104 valence electrons. The summed E-state index contributed by atoms with van der Waals surface area (Å²) in [5.74, 6) is 0.598. The number of hydrogen-bond acceptors (Lipinski definition) is 4. The van der Waals surface area contributed by atoms with Gasteiger partial charge in [0.05, 0.1) is 10.6 Å². The molecule has 2 heterocycles. The first-order valence-corrected chi connectivity index (χ1v) is 6.80. The third kappa shape index (κ3) is 3.36. The fourth-order valence-corrected chi connectivity index (χ4v) is 2.43. The Morgan fingerprint density at radius 3 is 2.84 bits per heavy atom. The highest BCUT2D eigenvalue weighted by atomic mass is 35.5. The van der Waals surface area contributed by atoms with Crippen molar-refractivity contribution in [3.8, 4) is 0 Å². The van der Waals surface area contributed by atoms with Gasteiger partial charge < -0.3 is 15.1 Å². The van der Waals surface area contributed by atoms with Crippen LogP contribution >= 0.6 is 11.6 Å². The van der Waals surface area contributed by atoms with Crippen molar-refractivity contribution in [1.29, 1.82) is 0 Å². The van der Waals surface area contributed by atoms with E-state index >= 15 is 0 Å². The minimum Gasteiger partial charge on any atom is -0.372 e. The molecule has 1 aromatic heterocycles. The van der Waals surface area contributed by atoms with E-state index in [-0.39, 0.29) is 5.91 Å². The zero-order valence-electron chi connectivity index (χ0n) is 11.3. The summed E-state index contributed by atoms with van der Waals surface area (Å²) in [6, 6.07) is 1.68. The second kappa shape index (κ2) is 6.21.